The van der Waals surface area contributed by atoms with E-state index in [1.54, 1.807) is 18.1 Å². The Morgan fingerprint density at radius 1 is 1.14 bits per heavy atom. The summed E-state index contributed by atoms with van der Waals surface area (Å²) in [6.45, 7) is 0. The molecule has 2 rings (SSSR count). The molecule has 0 N–H and O–H groups in total. The van der Waals surface area contributed by atoms with Crippen molar-refractivity contribution in [2.24, 2.45) is 0 Å². The van der Waals surface area contributed by atoms with E-state index in [4.69, 9.17) is 0 Å². The summed E-state index contributed by atoms with van der Waals surface area (Å²) >= 11 is 3.90. The molecule has 0 aliphatic heterocycles. The predicted molar refractivity (Wildman–Crippen MR) is 65.3 cm³/mol. The van der Waals surface area contributed by atoms with Gasteiger partial charge >= 0.3 is 0 Å². The van der Waals surface area contributed by atoms with Crippen molar-refractivity contribution in [1.82, 2.24) is 9.97 Å². The molecule has 1 aromatic carbocycles. The SMILES string of the molecule is Ic1cncnc1Sc1ccccc1. The highest BCUT2D eigenvalue weighted by Crippen LogP contribution is 2.28. The van der Waals surface area contributed by atoms with Crippen molar-refractivity contribution in [1.29, 1.82) is 0 Å². The van der Waals surface area contributed by atoms with Gasteiger partial charge in [0, 0.05) is 11.1 Å². The zero-order valence-corrected chi connectivity index (χ0v) is 10.2. The fraction of sp³-hybridized carbons (Fsp3) is 0. The van der Waals surface area contributed by atoms with Crippen LogP contribution in [0.4, 0.5) is 0 Å². The van der Waals surface area contributed by atoms with Gasteiger partial charge in [0.25, 0.3) is 0 Å². The fourth-order valence-electron chi connectivity index (χ4n) is 0.977. The van der Waals surface area contributed by atoms with Gasteiger partial charge < -0.3 is 0 Å². The van der Waals surface area contributed by atoms with Gasteiger partial charge in [-0.15, -0.1) is 0 Å². The molecule has 1 heterocycles. The van der Waals surface area contributed by atoms with Crippen LogP contribution >= 0.6 is 34.4 Å². The van der Waals surface area contributed by atoms with Crippen LogP contribution in [0, 0.1) is 3.57 Å². The maximum atomic E-state index is 4.22. The first kappa shape index (κ1) is 9.92. The van der Waals surface area contributed by atoms with Gasteiger partial charge in [-0.2, -0.15) is 0 Å². The highest BCUT2D eigenvalue weighted by Gasteiger charge is 2.02. The zero-order chi connectivity index (χ0) is 9.80. The molecule has 70 valence electrons. The number of hydrogen-bond acceptors (Lipinski definition) is 3. The van der Waals surface area contributed by atoms with Crippen LogP contribution in [0.1, 0.15) is 0 Å². The first-order valence-electron chi connectivity index (χ1n) is 4.04. The molecule has 0 aliphatic carbocycles. The van der Waals surface area contributed by atoms with Gasteiger partial charge in [0.1, 0.15) is 11.4 Å². The Morgan fingerprint density at radius 3 is 2.64 bits per heavy atom. The van der Waals surface area contributed by atoms with E-state index in [0.717, 1.165) is 8.60 Å². The van der Waals surface area contributed by atoms with E-state index in [1.165, 1.54) is 4.90 Å². The van der Waals surface area contributed by atoms with Gasteiger partial charge in [0.05, 0.1) is 3.57 Å². The van der Waals surface area contributed by atoms with E-state index in [1.807, 2.05) is 24.4 Å². The van der Waals surface area contributed by atoms with Crippen LogP contribution in [0.25, 0.3) is 0 Å². The van der Waals surface area contributed by atoms with Crippen molar-refractivity contribution in [3.63, 3.8) is 0 Å². The Hall–Kier alpha value is -0.620. The van der Waals surface area contributed by atoms with E-state index in [-0.39, 0.29) is 0 Å². The molecule has 0 atom stereocenters. The second-order valence-electron chi connectivity index (χ2n) is 2.59. The number of aromatic nitrogens is 2. The third-order valence-corrected chi connectivity index (χ3v) is 3.77. The topological polar surface area (TPSA) is 25.8 Å². The second kappa shape index (κ2) is 4.75. The smallest absolute Gasteiger partial charge is 0.118 e. The van der Waals surface area contributed by atoms with Gasteiger partial charge in [0.2, 0.25) is 0 Å². The molecule has 2 nitrogen and oxygen atoms in total. The van der Waals surface area contributed by atoms with Crippen molar-refractivity contribution < 1.29 is 0 Å². The Bertz CT molecular complexity index is 419. The normalized spacial score (nSPS) is 10.1. The quantitative estimate of drug-likeness (QED) is 0.629. The molecule has 0 aliphatic rings. The molecule has 0 fully saturated rings. The van der Waals surface area contributed by atoms with Crippen LogP contribution in [0.2, 0.25) is 0 Å². The fourth-order valence-corrected chi connectivity index (χ4v) is 2.37. The molecule has 0 radical (unpaired) electrons. The Balaban J connectivity index is 2.24. The Morgan fingerprint density at radius 2 is 1.93 bits per heavy atom. The monoisotopic (exact) mass is 314 g/mol. The summed E-state index contributed by atoms with van der Waals surface area (Å²) < 4.78 is 1.08. The summed E-state index contributed by atoms with van der Waals surface area (Å²) in [5.74, 6) is 0. The molecule has 4 heteroatoms. The van der Waals surface area contributed by atoms with Gasteiger partial charge in [-0.1, -0.05) is 30.0 Å². The molecule has 0 spiro atoms. The summed E-state index contributed by atoms with van der Waals surface area (Å²) in [5.41, 5.74) is 0. The summed E-state index contributed by atoms with van der Waals surface area (Å²) in [7, 11) is 0. The molecule has 0 saturated carbocycles. The lowest BCUT2D eigenvalue weighted by Crippen LogP contribution is -1.85. The molecule has 14 heavy (non-hydrogen) atoms. The van der Waals surface area contributed by atoms with Gasteiger partial charge in [-0.05, 0) is 34.7 Å². The van der Waals surface area contributed by atoms with Crippen LogP contribution in [-0.2, 0) is 0 Å². The first-order chi connectivity index (χ1) is 6.86. The van der Waals surface area contributed by atoms with E-state index >= 15 is 0 Å². The summed E-state index contributed by atoms with van der Waals surface area (Å²) in [4.78, 5) is 9.37. The van der Waals surface area contributed by atoms with Crippen LogP contribution in [-0.4, -0.2) is 9.97 Å². The molecule has 0 saturated heterocycles. The van der Waals surface area contributed by atoms with Crippen LogP contribution < -0.4 is 0 Å². The molecule has 2 aromatic rings. The van der Waals surface area contributed by atoms with Gasteiger partial charge in [-0.3, -0.25) is 0 Å². The largest absolute Gasteiger partial charge is 0.244 e. The van der Waals surface area contributed by atoms with Gasteiger partial charge in [-0.25, -0.2) is 9.97 Å². The molecular formula is C10H7IN2S. The minimum absolute atomic E-state index is 1.01. The lowest BCUT2D eigenvalue weighted by atomic mass is 10.4. The van der Waals surface area contributed by atoms with Crippen molar-refractivity contribution in [2.45, 2.75) is 9.92 Å². The van der Waals surface area contributed by atoms with E-state index in [9.17, 15) is 0 Å². The minimum Gasteiger partial charge on any atom is -0.244 e. The number of halogens is 1. The number of rotatable bonds is 2. The maximum Gasteiger partial charge on any atom is 0.118 e. The summed E-state index contributed by atoms with van der Waals surface area (Å²) in [5, 5.41) is 1.01. The van der Waals surface area contributed by atoms with E-state index < -0.39 is 0 Å². The predicted octanol–water partition coefficient (Wildman–Crippen LogP) is 3.23. The average molecular weight is 314 g/mol. The van der Waals surface area contributed by atoms with Crippen LogP contribution in [0.3, 0.4) is 0 Å². The molecule has 0 bridgehead atoms. The van der Waals surface area contributed by atoms with Crippen LogP contribution in [0.15, 0.2) is 52.8 Å². The first-order valence-corrected chi connectivity index (χ1v) is 5.94. The highest BCUT2D eigenvalue weighted by molar-refractivity contribution is 14.1. The van der Waals surface area contributed by atoms with E-state index in [0.29, 0.717) is 0 Å². The van der Waals surface area contributed by atoms with Gasteiger partial charge in [0.15, 0.2) is 0 Å². The number of benzene rings is 1. The van der Waals surface area contributed by atoms with Crippen molar-refractivity contribution >= 4 is 34.4 Å². The number of hydrogen-bond donors (Lipinski definition) is 0. The maximum absolute atomic E-state index is 4.22. The van der Waals surface area contributed by atoms with E-state index in [2.05, 4.69) is 44.7 Å². The lowest BCUT2D eigenvalue weighted by Gasteiger charge is -2.01. The second-order valence-corrected chi connectivity index (χ2v) is 4.82. The third kappa shape index (κ3) is 2.45. The molecular weight excluding hydrogens is 307 g/mol. The molecule has 0 unspecified atom stereocenters. The lowest BCUT2D eigenvalue weighted by molar-refractivity contribution is 1.02. The summed E-state index contributed by atoms with van der Waals surface area (Å²) in [6.07, 6.45) is 3.40. The van der Waals surface area contributed by atoms with Crippen molar-refractivity contribution in [3.05, 3.63) is 46.4 Å². The average Bonchev–Trinajstić information content (AvgIpc) is 2.23. The zero-order valence-electron chi connectivity index (χ0n) is 7.22. The Kier molecular flexibility index (Phi) is 3.36. The highest BCUT2D eigenvalue weighted by atomic mass is 127. The molecule has 0 amide bonds. The van der Waals surface area contributed by atoms with Crippen molar-refractivity contribution in [2.75, 3.05) is 0 Å². The number of nitrogens with zero attached hydrogens (tertiary/aromatic N) is 2. The standard InChI is InChI=1S/C10H7IN2S/c11-9-6-12-7-13-10(9)14-8-4-2-1-3-5-8/h1-7H. The van der Waals surface area contributed by atoms with Crippen LogP contribution in [0.5, 0.6) is 0 Å². The minimum atomic E-state index is 1.01. The Labute approximate surface area is 100 Å². The summed E-state index contributed by atoms with van der Waals surface area (Å²) in [6, 6.07) is 10.2. The third-order valence-electron chi connectivity index (χ3n) is 1.59. The molecule has 1 aromatic heterocycles. The van der Waals surface area contributed by atoms with Crippen molar-refractivity contribution in [3.8, 4) is 0 Å².